The van der Waals surface area contributed by atoms with Crippen molar-refractivity contribution in [3.8, 4) is 0 Å². The van der Waals surface area contributed by atoms with Gasteiger partial charge in [-0.1, -0.05) is 34.7 Å². The number of thioether (sulfide) groups is 1. The van der Waals surface area contributed by atoms with E-state index < -0.39 is 5.82 Å². The summed E-state index contributed by atoms with van der Waals surface area (Å²) in [6.45, 7) is 1.52. The van der Waals surface area contributed by atoms with Gasteiger partial charge in [0, 0.05) is 36.0 Å². The number of nitrogens with zero attached hydrogens (tertiary/aromatic N) is 5. The molecule has 13 heteroatoms. The predicted molar refractivity (Wildman–Crippen MR) is 145 cm³/mol. The fourth-order valence-corrected chi connectivity index (χ4v) is 5.79. The first-order valence-electron chi connectivity index (χ1n) is 10.6. The van der Waals surface area contributed by atoms with Gasteiger partial charge in [0.2, 0.25) is 5.91 Å². The van der Waals surface area contributed by atoms with Crippen molar-refractivity contribution < 1.29 is 14.0 Å². The molecule has 0 bridgehead atoms. The summed E-state index contributed by atoms with van der Waals surface area (Å²) in [5, 5.41) is 8.21. The summed E-state index contributed by atoms with van der Waals surface area (Å²) in [5.41, 5.74) is 1.85. The van der Waals surface area contributed by atoms with Gasteiger partial charge in [0.15, 0.2) is 8.29 Å². The molecule has 0 unspecified atom stereocenters. The van der Waals surface area contributed by atoms with E-state index in [0.29, 0.717) is 44.2 Å². The molecule has 0 aliphatic rings. The average Bonchev–Trinajstić information content (AvgIpc) is 3.19. The third-order valence-electron chi connectivity index (χ3n) is 5.12. The zero-order valence-corrected chi connectivity index (χ0v) is 22.4. The molecule has 2 aromatic heterocycles. The zero-order chi connectivity index (χ0) is 25.8. The second-order valence-electron chi connectivity index (χ2n) is 7.72. The highest BCUT2D eigenvalue weighted by Gasteiger charge is 2.16. The minimum Gasteiger partial charge on any atom is -0.340 e. The number of hydrogen-bond acceptors (Lipinski definition) is 9. The van der Waals surface area contributed by atoms with Crippen LogP contribution < -0.4 is 10.2 Å². The molecular formula is C23H20ClFN6O2S3. The Morgan fingerprint density at radius 1 is 1.25 bits per heavy atom. The first kappa shape index (κ1) is 26.1. The van der Waals surface area contributed by atoms with E-state index in [9.17, 15) is 14.0 Å². The lowest BCUT2D eigenvalue weighted by atomic mass is 10.2. The number of nitrogens with one attached hydrogen (secondary N) is 1. The number of hydrogen-bond donors (Lipinski definition) is 1. The summed E-state index contributed by atoms with van der Waals surface area (Å²) in [6.07, 6.45) is 1.87. The van der Waals surface area contributed by atoms with Crippen LogP contribution in [0.5, 0.6) is 0 Å². The number of benzene rings is 2. The molecule has 1 amide bonds. The van der Waals surface area contributed by atoms with Gasteiger partial charge in [-0.05, 0) is 55.5 Å². The van der Waals surface area contributed by atoms with Crippen molar-refractivity contribution in [3.63, 3.8) is 0 Å². The van der Waals surface area contributed by atoms with Gasteiger partial charge in [0.05, 0.1) is 10.5 Å². The predicted octanol–water partition coefficient (Wildman–Crippen LogP) is 5.89. The Balaban J connectivity index is 1.52. The number of ketones is 1. The lowest BCUT2D eigenvalue weighted by Gasteiger charge is -2.18. The molecule has 4 aromatic rings. The molecule has 0 saturated heterocycles. The average molecular weight is 563 g/mol. The van der Waals surface area contributed by atoms with Gasteiger partial charge in [0.25, 0.3) is 0 Å². The van der Waals surface area contributed by atoms with Crippen LogP contribution in [0.25, 0.3) is 10.9 Å². The number of likely N-dealkylation sites (N-methyl/N-ethyl adjacent to an activating group) is 1. The van der Waals surface area contributed by atoms with Crippen LogP contribution >= 0.6 is 46.9 Å². The van der Waals surface area contributed by atoms with Crippen LogP contribution in [-0.2, 0) is 16.1 Å². The van der Waals surface area contributed by atoms with Crippen LogP contribution in [0.4, 0.5) is 21.6 Å². The Hall–Kier alpha value is -2.93. The van der Waals surface area contributed by atoms with Gasteiger partial charge in [0.1, 0.15) is 30.3 Å². The molecule has 2 heterocycles. The van der Waals surface area contributed by atoms with Crippen LogP contribution in [0.3, 0.4) is 0 Å². The monoisotopic (exact) mass is 562 g/mol. The Labute approximate surface area is 224 Å². The second-order valence-corrected chi connectivity index (χ2v) is 11.1. The normalized spacial score (nSPS) is 11.0. The number of carbonyl (C=O) groups is 2. The number of amides is 1. The van der Waals surface area contributed by atoms with E-state index >= 15 is 0 Å². The lowest BCUT2D eigenvalue weighted by Crippen LogP contribution is -2.30. The topological polar surface area (TPSA) is 93.0 Å². The number of carbonyl (C=O) groups excluding carboxylic acids is 2. The van der Waals surface area contributed by atoms with E-state index in [-0.39, 0.29) is 23.3 Å². The van der Waals surface area contributed by atoms with E-state index in [1.807, 2.05) is 0 Å². The van der Waals surface area contributed by atoms with Gasteiger partial charge in [-0.25, -0.2) is 19.0 Å². The minimum atomic E-state index is -0.515. The van der Waals surface area contributed by atoms with E-state index in [2.05, 4.69) is 20.4 Å². The lowest BCUT2D eigenvalue weighted by molar-refractivity contribution is -0.119. The molecule has 0 aliphatic heterocycles. The molecule has 0 radical (unpaired) electrons. The van der Waals surface area contributed by atoms with E-state index in [0.717, 1.165) is 4.34 Å². The minimum absolute atomic E-state index is 0.00885. The Morgan fingerprint density at radius 3 is 2.81 bits per heavy atom. The molecule has 2 aromatic carbocycles. The van der Waals surface area contributed by atoms with Crippen LogP contribution in [0, 0.1) is 9.77 Å². The van der Waals surface area contributed by atoms with Gasteiger partial charge in [-0.15, -0.1) is 0 Å². The van der Waals surface area contributed by atoms with Gasteiger partial charge in [-0.3, -0.25) is 9.59 Å². The summed E-state index contributed by atoms with van der Waals surface area (Å²) < 4.78 is 16.2. The van der Waals surface area contributed by atoms with Crippen molar-refractivity contribution in [1.29, 1.82) is 0 Å². The van der Waals surface area contributed by atoms with Crippen molar-refractivity contribution in [1.82, 2.24) is 19.7 Å². The summed E-state index contributed by atoms with van der Waals surface area (Å²) in [6, 6.07) is 9.66. The maximum Gasteiger partial charge on any atom is 0.248 e. The number of rotatable bonds is 9. The summed E-state index contributed by atoms with van der Waals surface area (Å²) in [7, 11) is 1.67. The number of Topliss-reactive ketones (excluding diaryl/α,β-unsaturated/α-hetero) is 1. The number of anilines is 3. The molecular weight excluding hydrogens is 543 g/mol. The molecule has 8 nitrogen and oxygen atoms in total. The molecule has 0 spiro atoms. The molecule has 186 valence electrons. The van der Waals surface area contributed by atoms with E-state index in [1.165, 1.54) is 51.1 Å². The van der Waals surface area contributed by atoms with Gasteiger partial charge < -0.3 is 10.2 Å². The quantitative estimate of drug-likeness (QED) is 0.199. The van der Waals surface area contributed by atoms with Crippen molar-refractivity contribution in [2.75, 3.05) is 23.0 Å². The van der Waals surface area contributed by atoms with Crippen molar-refractivity contribution >= 4 is 86.7 Å². The van der Waals surface area contributed by atoms with Crippen LogP contribution in [-0.4, -0.2) is 44.2 Å². The van der Waals surface area contributed by atoms with Crippen molar-refractivity contribution in [3.05, 3.63) is 57.5 Å². The second kappa shape index (κ2) is 11.4. The fraction of sp³-hybridized carbons (Fsp3) is 0.217. The maximum atomic E-state index is 13.5. The van der Waals surface area contributed by atoms with Gasteiger partial charge in [-0.2, -0.15) is 5.10 Å². The van der Waals surface area contributed by atoms with Crippen LogP contribution in [0.1, 0.15) is 13.3 Å². The molecule has 0 aliphatic carbocycles. The smallest absolute Gasteiger partial charge is 0.248 e. The highest BCUT2D eigenvalue weighted by atomic mass is 35.5. The third-order valence-corrected chi connectivity index (χ3v) is 7.85. The van der Waals surface area contributed by atoms with Gasteiger partial charge >= 0.3 is 0 Å². The summed E-state index contributed by atoms with van der Waals surface area (Å²) >= 11 is 14.0. The largest absolute Gasteiger partial charge is 0.340 e. The first-order chi connectivity index (χ1) is 17.2. The highest BCUT2D eigenvalue weighted by molar-refractivity contribution is 8.01. The molecule has 36 heavy (non-hydrogen) atoms. The van der Waals surface area contributed by atoms with Crippen molar-refractivity contribution in [2.45, 2.75) is 24.2 Å². The van der Waals surface area contributed by atoms with E-state index in [4.69, 9.17) is 23.8 Å². The number of halogens is 2. The molecule has 4 rings (SSSR count). The maximum absolute atomic E-state index is 13.5. The van der Waals surface area contributed by atoms with Crippen LogP contribution in [0.2, 0.25) is 5.02 Å². The summed E-state index contributed by atoms with van der Waals surface area (Å²) in [5.74, 6) is 0.486. The number of fused-ring (bicyclic) bond motifs is 1. The first-order valence-corrected chi connectivity index (χ1v) is 13.2. The molecule has 0 fully saturated rings. The molecule has 0 saturated carbocycles. The SMILES string of the molecule is CC(=O)CCSc1nn(CC(=O)N(C)c2ccc3ncnc(Nc4ccc(F)c(Cl)c4)c3c2)c(=S)s1. The summed E-state index contributed by atoms with van der Waals surface area (Å²) in [4.78, 5) is 34.3. The van der Waals surface area contributed by atoms with Crippen LogP contribution in [0.15, 0.2) is 47.1 Å². The fourth-order valence-electron chi connectivity index (χ4n) is 3.17. The number of aromatic nitrogens is 4. The Bertz CT molecular complexity index is 1510. The standard InChI is InChI=1S/C23H20ClFN6O2S3/c1-13(32)7-8-35-22-29-31(23(34)36-22)11-20(33)30(2)15-4-6-19-16(10-15)21(27-12-26-19)28-14-3-5-18(25)17(24)9-14/h3-6,9-10,12H,7-8,11H2,1-2H3,(H,26,27,28). The van der Waals surface area contributed by atoms with Crippen molar-refractivity contribution in [2.24, 2.45) is 0 Å². The molecule has 1 N–H and O–H groups in total. The van der Waals surface area contributed by atoms with E-state index in [1.54, 1.807) is 38.2 Å². The third kappa shape index (κ3) is 6.25. The molecule has 0 atom stereocenters. The zero-order valence-electron chi connectivity index (χ0n) is 19.2. The Kier molecular flexibility index (Phi) is 8.29. The Morgan fingerprint density at radius 2 is 2.06 bits per heavy atom. The highest BCUT2D eigenvalue weighted by Crippen LogP contribution is 2.29.